The first-order valence-corrected chi connectivity index (χ1v) is 8.44. The molecule has 0 N–H and O–H groups in total. The van der Waals surface area contributed by atoms with Crippen molar-refractivity contribution in [1.29, 1.82) is 0 Å². The summed E-state index contributed by atoms with van der Waals surface area (Å²) in [4.78, 5) is 31.9. The number of non-ortho nitro benzene ring substituents is 1. The molecule has 0 aliphatic carbocycles. The third-order valence-corrected chi connectivity index (χ3v) is 4.18. The van der Waals surface area contributed by atoms with E-state index in [0.29, 0.717) is 0 Å². The topological polar surface area (TPSA) is 147 Å². The molecule has 2 aromatic rings. The van der Waals surface area contributed by atoms with Crippen LogP contribution < -0.4 is 4.74 Å². The van der Waals surface area contributed by atoms with Crippen LogP contribution in [-0.4, -0.2) is 30.5 Å². The van der Waals surface area contributed by atoms with Gasteiger partial charge in [0.25, 0.3) is 11.4 Å². The Morgan fingerprint density at radius 2 is 1.60 bits per heavy atom. The van der Waals surface area contributed by atoms with Crippen LogP contribution in [0.3, 0.4) is 0 Å². The van der Waals surface area contributed by atoms with Gasteiger partial charge in [-0.25, -0.2) is 13.2 Å². The smallest absolute Gasteiger partial charge is 0.350 e. The molecule has 0 fully saturated rings. The fourth-order valence-electron chi connectivity index (χ4n) is 1.86. The van der Waals surface area contributed by atoms with Crippen LogP contribution >= 0.6 is 0 Å². The van der Waals surface area contributed by atoms with E-state index >= 15 is 0 Å². The van der Waals surface area contributed by atoms with Crippen LogP contribution in [0.2, 0.25) is 0 Å². The van der Waals surface area contributed by atoms with E-state index < -0.39 is 36.9 Å². The number of nitro benzene ring substituents is 2. The van der Waals surface area contributed by atoms with Gasteiger partial charge in [0.15, 0.2) is 9.84 Å². The second-order valence-electron chi connectivity index (χ2n) is 4.85. The van der Waals surface area contributed by atoms with E-state index in [-0.39, 0.29) is 16.3 Å². The molecule has 10 nitrogen and oxygen atoms in total. The highest BCUT2D eigenvalue weighted by Crippen LogP contribution is 2.25. The molecular formula is C14H10N2O8S. The molecule has 0 aliphatic rings. The lowest BCUT2D eigenvalue weighted by molar-refractivity contribution is -0.385. The Labute approximate surface area is 140 Å². The maximum atomic E-state index is 12.1. The van der Waals surface area contributed by atoms with Crippen molar-refractivity contribution in [2.45, 2.75) is 4.90 Å². The number of nitrogens with zero attached hydrogens (tertiary/aromatic N) is 2. The van der Waals surface area contributed by atoms with Crippen molar-refractivity contribution in [2.24, 2.45) is 0 Å². The number of benzene rings is 2. The van der Waals surface area contributed by atoms with E-state index in [1.54, 1.807) is 0 Å². The number of rotatable bonds is 5. The van der Waals surface area contributed by atoms with Gasteiger partial charge in [-0.15, -0.1) is 0 Å². The Morgan fingerprint density at radius 1 is 1.00 bits per heavy atom. The fraction of sp³-hybridized carbons (Fsp3) is 0.0714. The standard InChI is InChI=1S/C14H10N2O8S/c1-25(22,23)11-6-7-12(13(8-11)16(20)21)14(17)24-10-4-2-9(3-5-10)15(18)19/h2-8H,1H3. The normalized spacial score (nSPS) is 10.9. The zero-order chi connectivity index (χ0) is 18.8. The van der Waals surface area contributed by atoms with Crippen molar-refractivity contribution in [2.75, 3.05) is 6.26 Å². The minimum atomic E-state index is -3.69. The van der Waals surface area contributed by atoms with E-state index in [9.17, 15) is 33.4 Å². The molecular weight excluding hydrogens is 356 g/mol. The van der Waals surface area contributed by atoms with Gasteiger partial charge in [-0.2, -0.15) is 0 Å². The number of carbonyl (C=O) groups is 1. The number of ether oxygens (including phenoxy) is 1. The van der Waals surface area contributed by atoms with E-state index in [4.69, 9.17) is 4.74 Å². The quantitative estimate of drug-likeness (QED) is 0.338. The number of esters is 1. The van der Waals surface area contributed by atoms with Gasteiger partial charge in [-0.05, 0) is 24.3 Å². The third-order valence-electron chi connectivity index (χ3n) is 3.07. The Balaban J connectivity index is 2.35. The fourth-order valence-corrected chi connectivity index (χ4v) is 2.50. The van der Waals surface area contributed by atoms with Gasteiger partial charge in [0.2, 0.25) is 0 Å². The zero-order valence-electron chi connectivity index (χ0n) is 12.6. The van der Waals surface area contributed by atoms with Crippen LogP contribution in [0.4, 0.5) is 11.4 Å². The van der Waals surface area contributed by atoms with Crippen molar-refractivity contribution in [3.05, 3.63) is 68.3 Å². The molecule has 0 saturated carbocycles. The molecule has 130 valence electrons. The molecule has 0 unspecified atom stereocenters. The summed E-state index contributed by atoms with van der Waals surface area (Å²) in [6.45, 7) is 0. The molecule has 0 radical (unpaired) electrons. The minimum absolute atomic E-state index is 0.0583. The Morgan fingerprint density at radius 3 is 2.08 bits per heavy atom. The summed E-state index contributed by atoms with van der Waals surface area (Å²) in [5, 5.41) is 21.7. The summed E-state index contributed by atoms with van der Waals surface area (Å²) >= 11 is 0. The lowest BCUT2D eigenvalue weighted by Crippen LogP contribution is -2.12. The first-order chi connectivity index (χ1) is 11.6. The van der Waals surface area contributed by atoms with Crippen LogP contribution in [0.15, 0.2) is 47.4 Å². The molecule has 0 aromatic heterocycles. The summed E-state index contributed by atoms with van der Waals surface area (Å²) < 4.78 is 27.9. The largest absolute Gasteiger partial charge is 0.423 e. The maximum absolute atomic E-state index is 12.1. The molecule has 0 amide bonds. The number of hydrogen-bond acceptors (Lipinski definition) is 8. The summed E-state index contributed by atoms with van der Waals surface area (Å²) in [5.74, 6) is -1.15. The predicted octanol–water partition coefficient (Wildman–Crippen LogP) is 2.13. The molecule has 0 bridgehead atoms. The Hall–Kier alpha value is -3.34. The van der Waals surface area contributed by atoms with Crippen molar-refractivity contribution in [3.8, 4) is 5.75 Å². The first-order valence-electron chi connectivity index (χ1n) is 6.54. The van der Waals surface area contributed by atoms with Gasteiger partial charge in [-0.3, -0.25) is 20.2 Å². The average Bonchev–Trinajstić information content (AvgIpc) is 2.53. The summed E-state index contributed by atoms with van der Waals surface area (Å²) in [7, 11) is -3.69. The second kappa shape index (κ2) is 6.65. The molecule has 0 atom stereocenters. The van der Waals surface area contributed by atoms with Crippen LogP contribution in [0.25, 0.3) is 0 Å². The summed E-state index contributed by atoms with van der Waals surface area (Å²) in [6, 6.07) is 7.31. The van der Waals surface area contributed by atoms with Gasteiger partial charge in [0.1, 0.15) is 11.3 Å². The first kappa shape index (κ1) is 18.0. The van der Waals surface area contributed by atoms with Crippen LogP contribution in [0.1, 0.15) is 10.4 Å². The van der Waals surface area contributed by atoms with E-state index in [0.717, 1.165) is 48.7 Å². The van der Waals surface area contributed by atoms with Crippen molar-refractivity contribution in [1.82, 2.24) is 0 Å². The predicted molar refractivity (Wildman–Crippen MR) is 84.3 cm³/mol. The van der Waals surface area contributed by atoms with E-state index in [1.165, 1.54) is 0 Å². The monoisotopic (exact) mass is 366 g/mol. The highest BCUT2D eigenvalue weighted by molar-refractivity contribution is 7.90. The van der Waals surface area contributed by atoms with Crippen LogP contribution in [0, 0.1) is 20.2 Å². The molecule has 11 heteroatoms. The Bertz CT molecular complexity index is 967. The second-order valence-corrected chi connectivity index (χ2v) is 6.86. The number of nitro groups is 2. The molecule has 0 heterocycles. The molecule has 0 spiro atoms. The highest BCUT2D eigenvalue weighted by atomic mass is 32.2. The van der Waals surface area contributed by atoms with E-state index in [2.05, 4.69) is 0 Å². The molecule has 2 rings (SSSR count). The van der Waals surface area contributed by atoms with Gasteiger partial charge < -0.3 is 4.74 Å². The molecule has 0 saturated heterocycles. The van der Waals surface area contributed by atoms with Crippen molar-refractivity contribution < 1.29 is 27.8 Å². The lowest BCUT2D eigenvalue weighted by Gasteiger charge is -2.06. The highest BCUT2D eigenvalue weighted by Gasteiger charge is 2.25. The SMILES string of the molecule is CS(=O)(=O)c1ccc(C(=O)Oc2ccc([N+](=O)[O-])cc2)c([N+](=O)[O-])c1. The van der Waals surface area contributed by atoms with Crippen LogP contribution in [0.5, 0.6) is 5.75 Å². The summed E-state index contributed by atoms with van der Waals surface area (Å²) in [6.07, 6.45) is 0.876. The van der Waals surface area contributed by atoms with Crippen molar-refractivity contribution in [3.63, 3.8) is 0 Å². The third kappa shape index (κ3) is 4.14. The number of hydrogen-bond donors (Lipinski definition) is 0. The van der Waals surface area contributed by atoms with Gasteiger partial charge >= 0.3 is 5.97 Å². The number of carbonyl (C=O) groups excluding carboxylic acids is 1. The summed E-state index contributed by atoms with van der Waals surface area (Å²) in [5.41, 5.74) is -1.39. The molecule has 0 aliphatic heterocycles. The molecule has 2 aromatic carbocycles. The van der Waals surface area contributed by atoms with Crippen LogP contribution in [-0.2, 0) is 9.84 Å². The van der Waals surface area contributed by atoms with Crippen molar-refractivity contribution >= 4 is 27.2 Å². The Kier molecular flexibility index (Phi) is 4.79. The molecule has 25 heavy (non-hydrogen) atoms. The minimum Gasteiger partial charge on any atom is -0.423 e. The number of sulfone groups is 1. The van der Waals surface area contributed by atoms with Gasteiger partial charge in [-0.1, -0.05) is 0 Å². The van der Waals surface area contributed by atoms with E-state index in [1.807, 2.05) is 0 Å². The van der Waals surface area contributed by atoms with Gasteiger partial charge in [0, 0.05) is 24.5 Å². The maximum Gasteiger partial charge on any atom is 0.350 e. The van der Waals surface area contributed by atoms with Gasteiger partial charge in [0.05, 0.1) is 14.7 Å². The zero-order valence-corrected chi connectivity index (χ0v) is 13.4. The lowest BCUT2D eigenvalue weighted by atomic mass is 10.2. The average molecular weight is 366 g/mol.